The number of aromatic nitrogens is 1. The number of pyridine rings is 1. The summed E-state index contributed by atoms with van der Waals surface area (Å²) in [6.07, 6.45) is 2.13. The molecule has 0 spiro atoms. The zero-order valence-corrected chi connectivity index (χ0v) is 19.9. The van der Waals surface area contributed by atoms with Crippen LogP contribution < -0.4 is 11.1 Å². The summed E-state index contributed by atoms with van der Waals surface area (Å²) in [4.78, 5) is 30.7. The van der Waals surface area contributed by atoms with Gasteiger partial charge in [-0.05, 0) is 53.4 Å². The number of ether oxygens (including phenoxy) is 1. The van der Waals surface area contributed by atoms with Gasteiger partial charge in [-0.25, -0.2) is 14.2 Å². The molecule has 3 atom stereocenters. The van der Waals surface area contributed by atoms with Crippen LogP contribution in [0.4, 0.5) is 15.0 Å². The highest BCUT2D eigenvalue weighted by Gasteiger charge is 2.42. The molecular weight excluding hydrogens is 487 g/mol. The summed E-state index contributed by atoms with van der Waals surface area (Å²) >= 11 is 6.00. The van der Waals surface area contributed by atoms with Gasteiger partial charge in [0.2, 0.25) is 0 Å². The third-order valence-electron chi connectivity index (χ3n) is 6.72. The molecule has 0 saturated carbocycles. The summed E-state index contributed by atoms with van der Waals surface area (Å²) in [5, 5.41) is 12.8. The van der Waals surface area contributed by atoms with E-state index in [0.29, 0.717) is 34.9 Å². The number of cyclic esters (lactones) is 1. The van der Waals surface area contributed by atoms with E-state index < -0.39 is 17.8 Å². The molecule has 186 valence electrons. The Balaban J connectivity index is 1.36. The van der Waals surface area contributed by atoms with E-state index in [1.807, 2.05) is 6.07 Å². The first kappa shape index (κ1) is 24.0. The van der Waals surface area contributed by atoms with Gasteiger partial charge < -0.3 is 25.8 Å². The van der Waals surface area contributed by atoms with E-state index in [0.717, 1.165) is 12.0 Å². The van der Waals surface area contributed by atoms with Crippen LogP contribution in [0.2, 0.25) is 5.02 Å². The molecule has 2 fully saturated rings. The highest BCUT2D eigenvalue weighted by molar-refractivity contribution is 6.30. The first-order valence-corrected chi connectivity index (χ1v) is 11.9. The number of aliphatic hydroxyl groups is 1. The van der Waals surface area contributed by atoms with Crippen molar-refractivity contribution < 1.29 is 23.8 Å². The molecular formula is C26H24ClFN4O4. The maximum Gasteiger partial charge on any atom is 0.410 e. The number of fused-ring (bicyclic) bond motifs is 1. The van der Waals surface area contributed by atoms with Crippen molar-refractivity contribution in [2.24, 2.45) is 0 Å². The van der Waals surface area contributed by atoms with Crippen molar-refractivity contribution in [3.63, 3.8) is 0 Å². The third-order valence-corrected chi connectivity index (χ3v) is 6.96. The second-order valence-electron chi connectivity index (χ2n) is 8.98. The molecule has 0 bridgehead atoms. The van der Waals surface area contributed by atoms with Crippen LogP contribution in [0, 0.1) is 5.82 Å². The van der Waals surface area contributed by atoms with E-state index in [1.54, 1.807) is 41.4 Å². The molecule has 8 nitrogen and oxygen atoms in total. The smallest absolute Gasteiger partial charge is 0.410 e. The van der Waals surface area contributed by atoms with Crippen molar-refractivity contribution in [1.29, 1.82) is 0 Å². The fraction of sp³-hybridized carbons (Fsp3) is 0.269. The topological polar surface area (TPSA) is 118 Å². The fourth-order valence-corrected chi connectivity index (χ4v) is 5.00. The number of amides is 2. The highest BCUT2D eigenvalue weighted by Crippen LogP contribution is 2.37. The molecule has 3 heterocycles. The van der Waals surface area contributed by atoms with E-state index in [9.17, 15) is 14.7 Å². The molecule has 3 aromatic rings. The summed E-state index contributed by atoms with van der Waals surface area (Å²) in [5.74, 6) is -1.10. The SMILES string of the molecule is Nc1ncc(C2CC3COC(=O)N3C2)cc1-c1ccc(C(=O)NC(CO)c2cccc(Cl)c2)c(F)c1. The van der Waals surface area contributed by atoms with Crippen LogP contribution in [0.1, 0.15) is 39.9 Å². The van der Waals surface area contributed by atoms with Gasteiger partial charge in [0.05, 0.1) is 24.3 Å². The Bertz CT molecular complexity index is 1340. The van der Waals surface area contributed by atoms with Gasteiger partial charge in [-0.15, -0.1) is 0 Å². The molecule has 1 aromatic heterocycles. The molecule has 10 heteroatoms. The average Bonchev–Trinajstić information content (AvgIpc) is 3.44. The van der Waals surface area contributed by atoms with Crippen LogP contribution in [0.15, 0.2) is 54.7 Å². The van der Waals surface area contributed by atoms with Crippen molar-refractivity contribution in [1.82, 2.24) is 15.2 Å². The zero-order valence-electron chi connectivity index (χ0n) is 19.2. The third kappa shape index (κ3) is 4.59. The Labute approximate surface area is 211 Å². The van der Waals surface area contributed by atoms with Gasteiger partial charge in [0, 0.05) is 29.2 Å². The van der Waals surface area contributed by atoms with Crippen molar-refractivity contribution in [3.05, 3.63) is 82.3 Å². The minimum absolute atomic E-state index is 0.0494. The second kappa shape index (κ2) is 9.75. The summed E-state index contributed by atoms with van der Waals surface area (Å²) in [6.45, 7) is 0.534. The van der Waals surface area contributed by atoms with Crippen LogP contribution >= 0.6 is 11.6 Å². The number of halogens is 2. The minimum atomic E-state index is -0.745. The lowest BCUT2D eigenvalue weighted by Crippen LogP contribution is -2.31. The first-order chi connectivity index (χ1) is 17.3. The number of aliphatic hydroxyl groups excluding tert-OH is 1. The van der Waals surface area contributed by atoms with Gasteiger partial charge in [-0.3, -0.25) is 4.79 Å². The van der Waals surface area contributed by atoms with Crippen LogP contribution in [-0.2, 0) is 4.74 Å². The molecule has 0 aliphatic carbocycles. The van der Waals surface area contributed by atoms with E-state index in [4.69, 9.17) is 22.1 Å². The summed E-state index contributed by atoms with van der Waals surface area (Å²) in [7, 11) is 0. The van der Waals surface area contributed by atoms with Crippen LogP contribution in [0.3, 0.4) is 0 Å². The van der Waals surface area contributed by atoms with Crippen molar-refractivity contribution in [2.75, 3.05) is 25.5 Å². The quantitative estimate of drug-likeness (QED) is 0.463. The Morgan fingerprint density at radius 2 is 2.14 bits per heavy atom. The number of rotatable bonds is 6. The number of benzene rings is 2. The summed E-state index contributed by atoms with van der Waals surface area (Å²) in [6, 6.07) is 12.1. The number of hydrogen-bond acceptors (Lipinski definition) is 6. The number of nitrogens with two attached hydrogens (primary N) is 1. The van der Waals surface area contributed by atoms with Crippen LogP contribution in [0.5, 0.6) is 0 Å². The van der Waals surface area contributed by atoms with E-state index in [1.165, 1.54) is 12.1 Å². The average molecular weight is 511 g/mol. The second-order valence-corrected chi connectivity index (χ2v) is 9.41. The maximum absolute atomic E-state index is 15.1. The molecule has 2 saturated heterocycles. The van der Waals surface area contributed by atoms with Gasteiger partial charge in [-0.2, -0.15) is 0 Å². The lowest BCUT2D eigenvalue weighted by Gasteiger charge is -2.18. The Hall–Kier alpha value is -3.69. The zero-order chi connectivity index (χ0) is 25.4. The maximum atomic E-state index is 15.1. The van der Waals surface area contributed by atoms with Crippen molar-refractivity contribution >= 4 is 29.4 Å². The van der Waals surface area contributed by atoms with Crippen molar-refractivity contribution in [3.8, 4) is 11.1 Å². The van der Waals surface area contributed by atoms with E-state index >= 15 is 4.39 Å². The van der Waals surface area contributed by atoms with Crippen LogP contribution in [-0.4, -0.2) is 52.8 Å². The lowest BCUT2D eigenvalue weighted by atomic mass is 9.94. The Morgan fingerprint density at radius 3 is 2.86 bits per heavy atom. The number of hydrogen-bond donors (Lipinski definition) is 3. The fourth-order valence-electron chi connectivity index (χ4n) is 4.80. The Kier molecular flexibility index (Phi) is 6.51. The molecule has 36 heavy (non-hydrogen) atoms. The molecule has 5 rings (SSSR count). The largest absolute Gasteiger partial charge is 0.447 e. The van der Waals surface area contributed by atoms with Gasteiger partial charge in [0.25, 0.3) is 5.91 Å². The molecule has 2 aliphatic rings. The highest BCUT2D eigenvalue weighted by atomic mass is 35.5. The van der Waals surface area contributed by atoms with Crippen molar-refractivity contribution in [2.45, 2.75) is 24.4 Å². The van der Waals surface area contributed by atoms with E-state index in [-0.39, 0.29) is 36.0 Å². The normalized spacial score (nSPS) is 19.6. The van der Waals surface area contributed by atoms with Gasteiger partial charge in [-0.1, -0.05) is 29.8 Å². The number of anilines is 1. The predicted octanol–water partition coefficient (Wildman–Crippen LogP) is 3.89. The standard InChI is InChI=1S/C26H24ClFN4O4/c27-18-3-1-2-15(6-18)23(12-33)31-25(34)20-5-4-14(9-22(20)28)21-8-16(10-30-24(21)29)17-7-19-13-36-26(35)32(19)11-17/h1-6,8-10,17,19,23,33H,7,11-13H2,(H2,29,30)(H,31,34). The summed E-state index contributed by atoms with van der Waals surface area (Å²) < 4.78 is 20.2. The lowest BCUT2D eigenvalue weighted by molar-refractivity contribution is 0.0912. The Morgan fingerprint density at radius 1 is 1.31 bits per heavy atom. The van der Waals surface area contributed by atoms with Gasteiger partial charge in [0.15, 0.2) is 0 Å². The van der Waals surface area contributed by atoms with E-state index in [2.05, 4.69) is 10.3 Å². The molecule has 3 unspecified atom stereocenters. The number of nitrogens with one attached hydrogen (secondary N) is 1. The minimum Gasteiger partial charge on any atom is -0.447 e. The first-order valence-electron chi connectivity index (χ1n) is 11.5. The van der Waals surface area contributed by atoms with Gasteiger partial charge >= 0.3 is 6.09 Å². The number of carbonyl (C=O) groups is 2. The predicted molar refractivity (Wildman–Crippen MR) is 132 cm³/mol. The number of nitrogen functional groups attached to an aromatic ring is 1. The molecule has 2 aromatic carbocycles. The molecule has 0 radical (unpaired) electrons. The molecule has 2 aliphatic heterocycles. The number of nitrogens with zero attached hydrogens (tertiary/aromatic N) is 2. The monoisotopic (exact) mass is 510 g/mol. The molecule has 4 N–H and O–H groups in total. The molecule has 2 amide bonds. The summed E-state index contributed by atoms with van der Waals surface area (Å²) in [5.41, 5.74) is 8.46. The van der Waals surface area contributed by atoms with Crippen LogP contribution in [0.25, 0.3) is 11.1 Å². The van der Waals surface area contributed by atoms with Gasteiger partial charge in [0.1, 0.15) is 18.2 Å². The number of carbonyl (C=O) groups excluding carboxylic acids is 2.